The van der Waals surface area contributed by atoms with Gasteiger partial charge in [0.1, 0.15) is 11.5 Å². The number of benzene rings is 2. The molecule has 0 radical (unpaired) electrons. The van der Waals surface area contributed by atoms with Gasteiger partial charge in [-0.25, -0.2) is 5.43 Å². The van der Waals surface area contributed by atoms with E-state index in [0.29, 0.717) is 0 Å². The maximum Gasteiger partial charge on any atom is 0.234 e. The Morgan fingerprint density at radius 3 is 1.88 bits per heavy atom. The first-order valence-electron chi connectivity index (χ1n) is 7.15. The molecule has 3 N–H and O–H groups in total. The van der Waals surface area contributed by atoms with Crippen LogP contribution in [0.25, 0.3) is 0 Å². The maximum absolute atomic E-state index is 5.66. The quantitative estimate of drug-likeness (QED) is 0.482. The van der Waals surface area contributed by atoms with Gasteiger partial charge in [0.05, 0.1) is 26.6 Å². The van der Waals surface area contributed by atoms with E-state index in [1.54, 1.807) is 26.6 Å². The molecule has 2 aromatic rings. The van der Waals surface area contributed by atoms with Crippen LogP contribution in [0.5, 0.6) is 11.5 Å². The van der Waals surface area contributed by atoms with E-state index in [-0.39, 0.29) is 5.96 Å². The number of hydrogen-bond donors (Lipinski definition) is 2. The number of nitrogens with one attached hydrogen (secondary N) is 1. The fraction of sp³-hybridized carbons (Fsp3) is 0.118. The van der Waals surface area contributed by atoms with Crippen LogP contribution in [-0.2, 0) is 0 Å². The molecule has 0 atom stereocenters. The number of ether oxygens (including phenoxy) is 2. The van der Waals surface area contributed by atoms with E-state index >= 15 is 0 Å². The maximum atomic E-state index is 5.66. The van der Waals surface area contributed by atoms with Crippen molar-refractivity contribution >= 4 is 18.4 Å². The molecule has 0 saturated heterocycles. The van der Waals surface area contributed by atoms with Crippen LogP contribution in [0.1, 0.15) is 11.1 Å². The van der Waals surface area contributed by atoms with Crippen LogP contribution < -0.4 is 20.6 Å². The zero-order valence-corrected chi connectivity index (χ0v) is 13.5. The Balaban J connectivity index is 1.86. The largest absolute Gasteiger partial charge is 0.497 e. The summed E-state index contributed by atoms with van der Waals surface area (Å²) in [7, 11) is 3.24. The minimum Gasteiger partial charge on any atom is -0.497 e. The van der Waals surface area contributed by atoms with Gasteiger partial charge in [-0.15, -0.1) is 5.10 Å². The third-order valence-corrected chi connectivity index (χ3v) is 3.00. The molecular weight excluding hydrogens is 306 g/mol. The highest BCUT2D eigenvalue weighted by Crippen LogP contribution is 2.10. The molecule has 2 rings (SSSR count). The molecule has 0 aliphatic rings. The van der Waals surface area contributed by atoms with E-state index in [4.69, 9.17) is 15.2 Å². The Hall–Kier alpha value is -3.35. The Morgan fingerprint density at radius 2 is 1.38 bits per heavy atom. The summed E-state index contributed by atoms with van der Waals surface area (Å²) >= 11 is 0. The summed E-state index contributed by atoms with van der Waals surface area (Å²) in [6.07, 6.45) is 3.20. The minimum atomic E-state index is 0.0875. The lowest BCUT2D eigenvalue weighted by molar-refractivity contribution is 0.414. The monoisotopic (exact) mass is 325 g/mol. The van der Waals surface area contributed by atoms with E-state index in [9.17, 15) is 0 Å². The second-order valence-electron chi connectivity index (χ2n) is 4.65. The van der Waals surface area contributed by atoms with Crippen molar-refractivity contribution in [2.24, 2.45) is 21.0 Å². The van der Waals surface area contributed by atoms with Gasteiger partial charge in [0.2, 0.25) is 5.96 Å². The zero-order valence-electron chi connectivity index (χ0n) is 13.5. The highest BCUT2D eigenvalue weighted by Gasteiger charge is 1.92. The van der Waals surface area contributed by atoms with Crippen LogP contribution >= 0.6 is 0 Å². The smallest absolute Gasteiger partial charge is 0.234 e. The average molecular weight is 325 g/mol. The van der Waals surface area contributed by atoms with Crippen molar-refractivity contribution in [2.75, 3.05) is 14.2 Å². The number of hydrazone groups is 1. The lowest BCUT2D eigenvalue weighted by atomic mass is 10.2. The summed E-state index contributed by atoms with van der Waals surface area (Å²) in [4.78, 5) is 0. The zero-order chi connectivity index (χ0) is 17.2. The SMILES string of the molecule is COc1ccc(C=NN=C(N)NN=Cc2ccc(OC)cc2)cc1. The molecule has 0 spiro atoms. The van der Waals surface area contributed by atoms with Crippen LogP contribution in [0, 0.1) is 0 Å². The summed E-state index contributed by atoms with van der Waals surface area (Å²) in [6, 6.07) is 14.8. The van der Waals surface area contributed by atoms with Gasteiger partial charge in [-0.05, 0) is 59.7 Å². The molecule has 0 bridgehead atoms. The van der Waals surface area contributed by atoms with Crippen LogP contribution in [0.4, 0.5) is 0 Å². The number of nitrogens with two attached hydrogens (primary N) is 1. The first kappa shape index (κ1) is 17.0. The van der Waals surface area contributed by atoms with Crippen LogP contribution in [0.3, 0.4) is 0 Å². The summed E-state index contributed by atoms with van der Waals surface area (Å²) in [5.74, 6) is 1.66. The number of nitrogens with zero attached hydrogens (tertiary/aromatic N) is 3. The predicted molar refractivity (Wildman–Crippen MR) is 95.9 cm³/mol. The van der Waals surface area contributed by atoms with Crippen molar-refractivity contribution < 1.29 is 9.47 Å². The molecular formula is C17H19N5O2. The van der Waals surface area contributed by atoms with E-state index in [1.807, 2.05) is 48.5 Å². The summed E-state index contributed by atoms with van der Waals surface area (Å²) < 4.78 is 10.2. The van der Waals surface area contributed by atoms with Crippen molar-refractivity contribution in [3.8, 4) is 11.5 Å². The van der Waals surface area contributed by atoms with Crippen molar-refractivity contribution in [1.82, 2.24) is 5.43 Å². The molecule has 0 fully saturated rings. The first-order chi connectivity index (χ1) is 11.7. The van der Waals surface area contributed by atoms with E-state index in [0.717, 1.165) is 22.6 Å². The average Bonchev–Trinajstić information content (AvgIpc) is 2.63. The van der Waals surface area contributed by atoms with Crippen molar-refractivity contribution in [1.29, 1.82) is 0 Å². The fourth-order valence-corrected chi connectivity index (χ4v) is 1.73. The molecule has 0 aromatic heterocycles. The molecule has 2 aromatic carbocycles. The lowest BCUT2D eigenvalue weighted by Crippen LogP contribution is -2.26. The van der Waals surface area contributed by atoms with Gasteiger partial charge in [0, 0.05) is 0 Å². The van der Waals surface area contributed by atoms with E-state index < -0.39 is 0 Å². The second-order valence-corrected chi connectivity index (χ2v) is 4.65. The molecule has 0 aliphatic carbocycles. The summed E-state index contributed by atoms with van der Waals surface area (Å²) in [5.41, 5.74) is 10.0. The first-order valence-corrected chi connectivity index (χ1v) is 7.15. The standard InChI is InChI=1S/C17H19N5O2/c1-23-15-7-3-13(4-8-15)11-19-21-17(18)22-20-12-14-5-9-16(24-2)10-6-14/h3-12H,1-2H3,(H3,18,21,22). The number of guanidine groups is 1. The molecule has 0 amide bonds. The van der Waals surface area contributed by atoms with Gasteiger partial charge < -0.3 is 15.2 Å². The van der Waals surface area contributed by atoms with Crippen LogP contribution in [-0.4, -0.2) is 32.6 Å². The molecule has 7 nitrogen and oxygen atoms in total. The van der Waals surface area contributed by atoms with Crippen molar-refractivity contribution in [3.05, 3.63) is 59.7 Å². The fourth-order valence-electron chi connectivity index (χ4n) is 1.73. The molecule has 0 heterocycles. The van der Waals surface area contributed by atoms with Gasteiger partial charge in [-0.2, -0.15) is 10.2 Å². The highest BCUT2D eigenvalue weighted by atomic mass is 16.5. The molecule has 0 unspecified atom stereocenters. The molecule has 124 valence electrons. The molecule has 0 saturated carbocycles. The highest BCUT2D eigenvalue weighted by molar-refractivity contribution is 5.84. The third-order valence-electron chi connectivity index (χ3n) is 3.00. The summed E-state index contributed by atoms with van der Waals surface area (Å²) in [5, 5.41) is 11.7. The molecule has 24 heavy (non-hydrogen) atoms. The topological polar surface area (TPSA) is 93.6 Å². The van der Waals surface area contributed by atoms with Gasteiger partial charge in [-0.3, -0.25) is 0 Å². The third kappa shape index (κ3) is 5.45. The van der Waals surface area contributed by atoms with E-state index in [2.05, 4.69) is 20.7 Å². The normalized spacial score (nSPS) is 11.8. The number of rotatable bonds is 6. The van der Waals surface area contributed by atoms with Gasteiger partial charge >= 0.3 is 0 Å². The Kier molecular flexibility index (Phi) is 6.34. The second kappa shape index (κ2) is 8.94. The van der Waals surface area contributed by atoms with Crippen LogP contribution in [0.15, 0.2) is 63.8 Å². The molecule has 7 heteroatoms. The van der Waals surface area contributed by atoms with Crippen molar-refractivity contribution in [3.63, 3.8) is 0 Å². The van der Waals surface area contributed by atoms with Crippen LogP contribution in [0.2, 0.25) is 0 Å². The van der Waals surface area contributed by atoms with Gasteiger partial charge in [0.15, 0.2) is 0 Å². The molecule has 0 aliphatic heterocycles. The Morgan fingerprint density at radius 1 is 0.875 bits per heavy atom. The van der Waals surface area contributed by atoms with Gasteiger partial charge in [0.25, 0.3) is 0 Å². The summed E-state index contributed by atoms with van der Waals surface area (Å²) in [6.45, 7) is 0. The lowest BCUT2D eigenvalue weighted by Gasteiger charge is -1.99. The Bertz CT molecular complexity index is 722. The minimum absolute atomic E-state index is 0.0875. The van der Waals surface area contributed by atoms with Gasteiger partial charge in [-0.1, -0.05) is 0 Å². The number of hydrogen-bond acceptors (Lipinski definition) is 5. The Labute approximate surface area is 140 Å². The predicted octanol–water partition coefficient (Wildman–Crippen LogP) is 1.98. The van der Waals surface area contributed by atoms with E-state index in [1.165, 1.54) is 0 Å². The van der Waals surface area contributed by atoms with Crippen molar-refractivity contribution in [2.45, 2.75) is 0 Å². The number of methoxy groups -OCH3 is 2.